The molecule has 3 rings (SSSR count). The highest BCUT2D eigenvalue weighted by Gasteiger charge is 2.10. The minimum absolute atomic E-state index is 0.00816. The maximum absolute atomic E-state index is 11.9. The zero-order chi connectivity index (χ0) is 17.5. The van der Waals surface area contributed by atoms with Crippen LogP contribution in [-0.4, -0.2) is 23.2 Å². The quantitative estimate of drug-likeness (QED) is 0.668. The summed E-state index contributed by atoms with van der Waals surface area (Å²) in [5, 5.41) is 8.84. The lowest BCUT2D eigenvalue weighted by atomic mass is 10.2. The minimum atomic E-state index is 0.00816. The predicted molar refractivity (Wildman–Crippen MR) is 95.4 cm³/mol. The highest BCUT2D eigenvalue weighted by atomic mass is 32.1. The SMILES string of the molecule is COc1ccc(CNC(=O)CCCc2nc(-c3cccs3)no2)cc1. The standard InChI is InChI=1S/C18H19N3O3S/c1-23-14-9-7-13(8-10-14)12-19-16(22)5-2-6-17-20-18(21-24-17)15-4-3-11-25-15/h3-4,7-11H,2,5-6,12H2,1H3,(H,19,22). The molecule has 25 heavy (non-hydrogen) atoms. The van der Waals surface area contributed by atoms with E-state index >= 15 is 0 Å². The molecule has 0 fully saturated rings. The van der Waals surface area contributed by atoms with Crippen LogP contribution in [0.25, 0.3) is 10.7 Å². The van der Waals surface area contributed by atoms with Gasteiger partial charge >= 0.3 is 0 Å². The van der Waals surface area contributed by atoms with Crippen molar-refractivity contribution < 1.29 is 14.1 Å². The van der Waals surface area contributed by atoms with Crippen LogP contribution < -0.4 is 10.1 Å². The fourth-order valence-corrected chi connectivity index (χ4v) is 2.94. The van der Waals surface area contributed by atoms with Crippen molar-refractivity contribution in [3.05, 3.63) is 53.2 Å². The third-order valence-electron chi connectivity index (χ3n) is 3.65. The Bertz CT molecular complexity index is 797. The molecule has 0 radical (unpaired) electrons. The number of methoxy groups -OCH3 is 1. The Morgan fingerprint density at radius 3 is 2.84 bits per heavy atom. The molecule has 0 saturated heterocycles. The lowest BCUT2D eigenvalue weighted by Gasteiger charge is -2.06. The summed E-state index contributed by atoms with van der Waals surface area (Å²) in [6.07, 6.45) is 1.68. The molecular weight excluding hydrogens is 338 g/mol. The number of hydrogen-bond donors (Lipinski definition) is 1. The number of aryl methyl sites for hydroxylation is 1. The fourth-order valence-electron chi connectivity index (χ4n) is 2.29. The Hall–Kier alpha value is -2.67. The largest absolute Gasteiger partial charge is 0.497 e. The summed E-state index contributed by atoms with van der Waals surface area (Å²) >= 11 is 1.57. The van der Waals surface area contributed by atoms with Gasteiger partial charge in [0.05, 0.1) is 12.0 Å². The van der Waals surface area contributed by atoms with Crippen LogP contribution in [-0.2, 0) is 17.8 Å². The molecule has 130 valence electrons. The molecule has 3 aromatic rings. The van der Waals surface area contributed by atoms with Crippen molar-refractivity contribution in [3.8, 4) is 16.5 Å². The molecule has 2 heterocycles. The first-order valence-electron chi connectivity index (χ1n) is 8.00. The van der Waals surface area contributed by atoms with Crippen molar-refractivity contribution >= 4 is 17.2 Å². The zero-order valence-electron chi connectivity index (χ0n) is 13.9. The maximum atomic E-state index is 11.9. The fraction of sp³-hybridized carbons (Fsp3) is 0.278. The van der Waals surface area contributed by atoms with Crippen molar-refractivity contribution in [2.24, 2.45) is 0 Å². The summed E-state index contributed by atoms with van der Waals surface area (Å²) in [5.74, 6) is 1.98. The van der Waals surface area contributed by atoms with Gasteiger partial charge in [-0.2, -0.15) is 4.98 Å². The molecule has 1 N–H and O–H groups in total. The first-order chi connectivity index (χ1) is 12.2. The highest BCUT2D eigenvalue weighted by Crippen LogP contribution is 2.21. The van der Waals surface area contributed by atoms with Gasteiger partial charge in [0.2, 0.25) is 17.6 Å². The number of hydrogen-bond acceptors (Lipinski definition) is 6. The minimum Gasteiger partial charge on any atom is -0.497 e. The van der Waals surface area contributed by atoms with Gasteiger partial charge in [0.25, 0.3) is 0 Å². The van der Waals surface area contributed by atoms with Crippen LogP contribution in [0.1, 0.15) is 24.3 Å². The van der Waals surface area contributed by atoms with Gasteiger partial charge in [0, 0.05) is 19.4 Å². The Morgan fingerprint density at radius 1 is 1.28 bits per heavy atom. The second-order valence-corrected chi connectivity index (χ2v) is 6.42. The topological polar surface area (TPSA) is 77.2 Å². The number of carbonyl (C=O) groups excluding carboxylic acids is 1. The second kappa shape index (κ2) is 8.43. The van der Waals surface area contributed by atoms with Crippen LogP contribution in [0.15, 0.2) is 46.3 Å². The van der Waals surface area contributed by atoms with Crippen molar-refractivity contribution in [2.45, 2.75) is 25.8 Å². The molecule has 1 amide bonds. The third kappa shape index (κ3) is 4.90. The molecule has 0 spiro atoms. The predicted octanol–water partition coefficient (Wildman–Crippen LogP) is 3.45. The van der Waals surface area contributed by atoms with E-state index in [0.717, 1.165) is 16.2 Å². The van der Waals surface area contributed by atoms with Crippen molar-refractivity contribution in [1.29, 1.82) is 0 Å². The average Bonchev–Trinajstić information content (AvgIpc) is 3.32. The van der Waals surface area contributed by atoms with Gasteiger partial charge in [-0.15, -0.1) is 11.3 Å². The smallest absolute Gasteiger partial charge is 0.226 e. The number of thiophene rings is 1. The first-order valence-corrected chi connectivity index (χ1v) is 8.88. The van der Waals surface area contributed by atoms with Crippen molar-refractivity contribution in [2.75, 3.05) is 7.11 Å². The maximum Gasteiger partial charge on any atom is 0.226 e. The Kier molecular flexibility index (Phi) is 5.79. The second-order valence-electron chi connectivity index (χ2n) is 5.47. The summed E-state index contributed by atoms with van der Waals surface area (Å²) < 4.78 is 10.3. The van der Waals surface area contributed by atoms with E-state index in [4.69, 9.17) is 9.26 Å². The Morgan fingerprint density at radius 2 is 2.12 bits per heavy atom. The summed E-state index contributed by atoms with van der Waals surface area (Å²) in [6.45, 7) is 0.506. The molecule has 7 heteroatoms. The van der Waals surface area contributed by atoms with E-state index in [0.29, 0.717) is 37.5 Å². The number of ether oxygens (including phenoxy) is 1. The average molecular weight is 357 g/mol. The number of rotatable bonds is 8. The van der Waals surface area contributed by atoms with Gasteiger partial charge in [0.15, 0.2) is 0 Å². The van der Waals surface area contributed by atoms with Gasteiger partial charge in [-0.3, -0.25) is 4.79 Å². The lowest BCUT2D eigenvalue weighted by molar-refractivity contribution is -0.121. The van der Waals surface area contributed by atoms with Crippen LogP contribution in [0.4, 0.5) is 0 Å². The lowest BCUT2D eigenvalue weighted by Crippen LogP contribution is -2.22. The van der Waals surface area contributed by atoms with Crippen LogP contribution in [0, 0.1) is 0 Å². The number of nitrogens with one attached hydrogen (secondary N) is 1. The first kappa shape index (κ1) is 17.2. The number of nitrogens with zero attached hydrogens (tertiary/aromatic N) is 2. The number of amides is 1. The van der Waals surface area contributed by atoms with Gasteiger partial charge in [-0.25, -0.2) is 0 Å². The molecule has 0 unspecified atom stereocenters. The van der Waals surface area contributed by atoms with E-state index in [1.165, 1.54) is 0 Å². The molecule has 0 atom stereocenters. The molecule has 1 aromatic carbocycles. The van der Waals surface area contributed by atoms with E-state index < -0.39 is 0 Å². The Balaban J connectivity index is 1.39. The Labute approximate surface area is 149 Å². The van der Waals surface area contributed by atoms with E-state index in [2.05, 4.69) is 15.5 Å². The summed E-state index contributed by atoms with van der Waals surface area (Å²) in [5.41, 5.74) is 1.03. The molecule has 2 aromatic heterocycles. The molecule has 0 bridgehead atoms. The van der Waals surface area contributed by atoms with Crippen molar-refractivity contribution in [1.82, 2.24) is 15.5 Å². The highest BCUT2D eigenvalue weighted by molar-refractivity contribution is 7.13. The van der Waals surface area contributed by atoms with Crippen LogP contribution in [0.5, 0.6) is 5.75 Å². The van der Waals surface area contributed by atoms with E-state index in [1.54, 1.807) is 18.4 Å². The summed E-state index contributed by atoms with van der Waals surface area (Å²) in [4.78, 5) is 17.2. The monoisotopic (exact) mass is 357 g/mol. The van der Waals surface area contributed by atoms with Gasteiger partial charge < -0.3 is 14.6 Å². The van der Waals surface area contributed by atoms with Crippen LogP contribution in [0.2, 0.25) is 0 Å². The van der Waals surface area contributed by atoms with Crippen molar-refractivity contribution in [3.63, 3.8) is 0 Å². The normalized spacial score (nSPS) is 10.6. The number of benzene rings is 1. The van der Waals surface area contributed by atoms with Crippen LogP contribution in [0.3, 0.4) is 0 Å². The van der Waals surface area contributed by atoms with E-state index in [-0.39, 0.29) is 5.91 Å². The molecule has 0 aliphatic heterocycles. The molecule has 0 aliphatic carbocycles. The van der Waals surface area contributed by atoms with Gasteiger partial charge in [-0.05, 0) is 35.6 Å². The van der Waals surface area contributed by atoms with Gasteiger partial charge in [-0.1, -0.05) is 23.4 Å². The third-order valence-corrected chi connectivity index (χ3v) is 4.52. The molecule has 0 saturated carbocycles. The number of carbonyl (C=O) groups is 1. The summed E-state index contributed by atoms with van der Waals surface area (Å²) in [6, 6.07) is 11.5. The van der Waals surface area contributed by atoms with Gasteiger partial charge in [0.1, 0.15) is 5.75 Å². The van der Waals surface area contributed by atoms with Crippen LogP contribution >= 0.6 is 11.3 Å². The summed E-state index contributed by atoms with van der Waals surface area (Å²) in [7, 11) is 1.63. The molecule has 6 nitrogen and oxygen atoms in total. The van der Waals surface area contributed by atoms with E-state index in [1.807, 2.05) is 41.8 Å². The van der Waals surface area contributed by atoms with E-state index in [9.17, 15) is 4.79 Å². The molecular formula is C18H19N3O3S. The zero-order valence-corrected chi connectivity index (χ0v) is 14.7. The number of aromatic nitrogens is 2. The molecule has 0 aliphatic rings.